The Morgan fingerprint density at radius 2 is 1.10 bits per heavy atom. The molecule has 1 atom stereocenters. The lowest BCUT2D eigenvalue weighted by Crippen LogP contribution is -2.52. The van der Waals surface area contributed by atoms with Gasteiger partial charge in [-0.25, -0.2) is 5.06 Å². The number of carbonyl (C=O) groups excluding carboxylic acids is 3. The van der Waals surface area contributed by atoms with E-state index in [9.17, 15) is 14.4 Å². The van der Waals surface area contributed by atoms with Crippen LogP contribution in [0.15, 0.2) is 121 Å². The second kappa shape index (κ2) is 15.0. The van der Waals surface area contributed by atoms with E-state index in [4.69, 9.17) is 9.57 Å². The van der Waals surface area contributed by atoms with Crippen molar-refractivity contribution in [1.29, 1.82) is 0 Å². The monoisotopic (exact) mass is 536 g/mol. The summed E-state index contributed by atoms with van der Waals surface area (Å²) in [7, 11) is 0. The van der Waals surface area contributed by atoms with Gasteiger partial charge in [-0.2, -0.15) is 0 Å². The number of hydroxylamine groups is 2. The quantitative estimate of drug-likeness (QED) is 0.199. The number of nitrogens with zero attached hydrogens (tertiary/aromatic N) is 1. The molecular formula is C33H32N2O5. The zero-order chi connectivity index (χ0) is 28.0. The Labute approximate surface area is 234 Å². The number of hydrogen-bond donors (Lipinski definition) is 1. The highest BCUT2D eigenvalue weighted by atomic mass is 16.7. The van der Waals surface area contributed by atoms with Crippen LogP contribution in [0, 0.1) is 0 Å². The molecule has 0 aromatic heterocycles. The van der Waals surface area contributed by atoms with Crippen LogP contribution in [0.2, 0.25) is 0 Å². The highest BCUT2D eigenvalue weighted by molar-refractivity contribution is 5.90. The Bertz CT molecular complexity index is 1350. The van der Waals surface area contributed by atoms with Gasteiger partial charge in [-0.05, 0) is 22.3 Å². The van der Waals surface area contributed by atoms with Crippen molar-refractivity contribution in [2.24, 2.45) is 0 Å². The van der Waals surface area contributed by atoms with E-state index < -0.39 is 17.9 Å². The van der Waals surface area contributed by atoms with Gasteiger partial charge in [0.25, 0.3) is 5.91 Å². The zero-order valence-corrected chi connectivity index (χ0v) is 22.1. The van der Waals surface area contributed by atoms with Gasteiger partial charge in [0.2, 0.25) is 5.91 Å². The van der Waals surface area contributed by atoms with Gasteiger partial charge in [0, 0.05) is 6.42 Å². The summed E-state index contributed by atoms with van der Waals surface area (Å²) in [4.78, 5) is 45.6. The molecule has 4 aromatic rings. The minimum atomic E-state index is -1.02. The van der Waals surface area contributed by atoms with Gasteiger partial charge in [0.05, 0.1) is 6.42 Å². The first-order valence-corrected chi connectivity index (χ1v) is 13.1. The summed E-state index contributed by atoms with van der Waals surface area (Å²) >= 11 is 0. The molecule has 0 heterocycles. The summed E-state index contributed by atoms with van der Waals surface area (Å²) in [5.41, 5.74) is 3.33. The highest BCUT2D eigenvalue weighted by Crippen LogP contribution is 2.15. The topological polar surface area (TPSA) is 84.9 Å². The van der Waals surface area contributed by atoms with E-state index in [0.29, 0.717) is 0 Å². The third kappa shape index (κ3) is 8.92. The molecule has 0 fully saturated rings. The Kier molecular flexibility index (Phi) is 10.6. The molecule has 1 N–H and O–H groups in total. The molecule has 204 valence electrons. The molecule has 0 saturated heterocycles. The number of amides is 2. The van der Waals surface area contributed by atoms with Crippen molar-refractivity contribution >= 4 is 17.8 Å². The van der Waals surface area contributed by atoms with Gasteiger partial charge < -0.3 is 10.1 Å². The minimum Gasteiger partial charge on any atom is -0.460 e. The second-order valence-electron chi connectivity index (χ2n) is 9.21. The van der Waals surface area contributed by atoms with Crippen molar-refractivity contribution in [3.05, 3.63) is 144 Å². The van der Waals surface area contributed by atoms with Crippen molar-refractivity contribution < 1.29 is 24.0 Å². The Morgan fingerprint density at radius 3 is 1.65 bits per heavy atom. The lowest BCUT2D eigenvalue weighted by atomic mass is 10.0. The van der Waals surface area contributed by atoms with E-state index in [1.54, 1.807) is 0 Å². The molecule has 0 spiro atoms. The molecule has 0 radical (unpaired) electrons. The van der Waals surface area contributed by atoms with Crippen LogP contribution in [0.25, 0.3) is 0 Å². The van der Waals surface area contributed by atoms with Crippen LogP contribution in [0.5, 0.6) is 0 Å². The molecule has 7 nitrogen and oxygen atoms in total. The predicted octanol–water partition coefficient (Wildman–Crippen LogP) is 4.66. The largest absolute Gasteiger partial charge is 0.460 e. The molecular weight excluding hydrogens is 504 g/mol. The number of ether oxygens (including phenoxy) is 1. The van der Waals surface area contributed by atoms with E-state index in [1.807, 2.05) is 121 Å². The van der Waals surface area contributed by atoms with Gasteiger partial charge in [-0.15, -0.1) is 0 Å². The standard InChI is InChI=1S/C33H32N2O5/c36-31(22-27-15-7-2-8-16-27)35(40-25-29-19-11-4-12-20-29)30(21-26-13-5-1-6-14-26)33(38)34-23-32(37)39-24-28-17-9-3-10-18-28/h1-20,30H,21-25H2,(H,34,38). The normalized spacial score (nSPS) is 11.3. The van der Waals surface area contributed by atoms with Crippen molar-refractivity contribution in [1.82, 2.24) is 10.4 Å². The van der Waals surface area contributed by atoms with Crippen LogP contribution in [0.4, 0.5) is 0 Å². The van der Waals surface area contributed by atoms with E-state index in [-0.39, 0.29) is 38.5 Å². The maximum Gasteiger partial charge on any atom is 0.325 e. The van der Waals surface area contributed by atoms with Crippen LogP contribution in [-0.4, -0.2) is 35.4 Å². The lowest BCUT2D eigenvalue weighted by Gasteiger charge is -2.30. The molecule has 2 amide bonds. The van der Waals surface area contributed by atoms with Crippen LogP contribution < -0.4 is 5.32 Å². The maximum atomic E-state index is 13.6. The molecule has 0 bridgehead atoms. The first-order valence-electron chi connectivity index (χ1n) is 13.1. The number of carbonyl (C=O) groups is 3. The van der Waals surface area contributed by atoms with Gasteiger partial charge in [0.15, 0.2) is 0 Å². The fourth-order valence-electron chi connectivity index (χ4n) is 4.09. The lowest BCUT2D eigenvalue weighted by molar-refractivity contribution is -0.206. The average Bonchev–Trinajstić information content (AvgIpc) is 3.00. The second-order valence-corrected chi connectivity index (χ2v) is 9.21. The molecule has 40 heavy (non-hydrogen) atoms. The van der Waals surface area contributed by atoms with Crippen LogP contribution in [-0.2, 0) is 50.0 Å². The van der Waals surface area contributed by atoms with Gasteiger partial charge >= 0.3 is 5.97 Å². The molecule has 0 saturated carbocycles. The van der Waals surface area contributed by atoms with Crippen LogP contribution in [0.3, 0.4) is 0 Å². The van der Waals surface area contributed by atoms with Crippen molar-refractivity contribution in [2.75, 3.05) is 6.54 Å². The Balaban J connectivity index is 1.51. The summed E-state index contributed by atoms with van der Waals surface area (Å²) < 4.78 is 5.30. The summed E-state index contributed by atoms with van der Waals surface area (Å²) in [6, 6.07) is 36.3. The summed E-state index contributed by atoms with van der Waals surface area (Å²) in [6.07, 6.45) is 0.244. The van der Waals surface area contributed by atoms with E-state index >= 15 is 0 Å². The predicted molar refractivity (Wildman–Crippen MR) is 151 cm³/mol. The van der Waals surface area contributed by atoms with Crippen LogP contribution >= 0.6 is 0 Å². The first-order chi connectivity index (χ1) is 19.6. The van der Waals surface area contributed by atoms with E-state index in [1.165, 1.54) is 0 Å². The summed E-state index contributed by atoms with van der Waals surface area (Å²) in [5, 5.41) is 3.80. The fourth-order valence-corrected chi connectivity index (χ4v) is 4.09. The zero-order valence-electron chi connectivity index (χ0n) is 22.1. The fraction of sp³-hybridized carbons (Fsp3) is 0.182. The number of nitrogens with one attached hydrogen (secondary N) is 1. The summed E-state index contributed by atoms with van der Waals surface area (Å²) in [5.74, 6) is -1.47. The molecule has 4 aromatic carbocycles. The number of hydrogen-bond acceptors (Lipinski definition) is 5. The number of benzene rings is 4. The average molecular weight is 537 g/mol. The van der Waals surface area contributed by atoms with E-state index in [0.717, 1.165) is 27.3 Å². The van der Waals surface area contributed by atoms with Gasteiger partial charge in [-0.3, -0.25) is 19.2 Å². The third-order valence-electron chi connectivity index (χ3n) is 6.16. The molecule has 0 aliphatic heterocycles. The summed E-state index contributed by atoms with van der Waals surface area (Å²) in [6.45, 7) is -0.139. The van der Waals surface area contributed by atoms with Gasteiger partial charge in [0.1, 0.15) is 25.8 Å². The molecule has 1 unspecified atom stereocenters. The van der Waals surface area contributed by atoms with Crippen molar-refractivity contribution in [3.63, 3.8) is 0 Å². The first kappa shape index (κ1) is 28.3. The maximum absolute atomic E-state index is 13.6. The van der Waals surface area contributed by atoms with E-state index in [2.05, 4.69) is 5.32 Å². The highest BCUT2D eigenvalue weighted by Gasteiger charge is 2.32. The molecule has 4 rings (SSSR count). The molecule has 0 aliphatic rings. The minimum absolute atomic E-state index is 0.0489. The number of rotatable bonds is 13. The molecule has 7 heteroatoms. The third-order valence-corrected chi connectivity index (χ3v) is 6.16. The molecule has 0 aliphatic carbocycles. The SMILES string of the molecule is O=C(CNC(=O)C(Cc1ccccc1)N(OCc1ccccc1)C(=O)Cc1ccccc1)OCc1ccccc1. The van der Waals surface area contributed by atoms with Crippen LogP contribution in [0.1, 0.15) is 22.3 Å². The smallest absolute Gasteiger partial charge is 0.325 e. The van der Waals surface area contributed by atoms with Crippen molar-refractivity contribution in [3.8, 4) is 0 Å². The Morgan fingerprint density at radius 1 is 0.625 bits per heavy atom. The van der Waals surface area contributed by atoms with Gasteiger partial charge in [-0.1, -0.05) is 121 Å². The number of esters is 1. The Hall–Kier alpha value is -4.75. The van der Waals surface area contributed by atoms with Crippen molar-refractivity contribution in [2.45, 2.75) is 32.1 Å².